The van der Waals surface area contributed by atoms with Crippen molar-refractivity contribution in [3.8, 4) is 0 Å². The molecule has 0 spiro atoms. The molecule has 0 bridgehead atoms. The maximum absolute atomic E-state index is 13.4. The number of hydrazine groups is 1. The molecular weight excluding hydrogens is 400 g/mol. The number of nitrogens with zero attached hydrogens (tertiary/aromatic N) is 1. The molecule has 0 saturated carbocycles. The number of para-hydroxylation sites is 1. The van der Waals surface area contributed by atoms with Gasteiger partial charge in [-0.05, 0) is 37.1 Å². The molecule has 0 saturated heterocycles. The number of anilines is 1. The highest BCUT2D eigenvalue weighted by Gasteiger charge is 2.41. The highest BCUT2D eigenvalue weighted by Crippen LogP contribution is 2.31. The minimum Gasteiger partial charge on any atom is -0.372 e. The van der Waals surface area contributed by atoms with Crippen molar-refractivity contribution < 1.29 is 14.7 Å². The van der Waals surface area contributed by atoms with Crippen molar-refractivity contribution in [2.24, 2.45) is 0 Å². The van der Waals surface area contributed by atoms with Gasteiger partial charge in [-0.1, -0.05) is 77.9 Å². The molecule has 5 nitrogen and oxygen atoms in total. The fraction of sp³-hybridized carbons (Fsp3) is 0.167. The van der Waals surface area contributed by atoms with Crippen LogP contribution < -0.4 is 10.4 Å². The third-order valence-corrected chi connectivity index (χ3v) is 5.09. The SMILES string of the molecule is Cc1ccc(C(O)(C(=O)NN(C(=O)CCl)c2ccccc2)c2ccc(C)cc2)cc1. The third kappa shape index (κ3) is 4.37. The number of amides is 2. The van der Waals surface area contributed by atoms with Gasteiger partial charge in [0, 0.05) is 0 Å². The van der Waals surface area contributed by atoms with E-state index in [1.807, 2.05) is 38.1 Å². The molecule has 6 heteroatoms. The average molecular weight is 423 g/mol. The number of halogens is 1. The largest absolute Gasteiger partial charge is 0.372 e. The maximum atomic E-state index is 13.4. The van der Waals surface area contributed by atoms with Gasteiger partial charge in [0.1, 0.15) is 5.88 Å². The minimum atomic E-state index is -2.01. The van der Waals surface area contributed by atoms with Gasteiger partial charge in [0.25, 0.3) is 11.8 Å². The lowest BCUT2D eigenvalue weighted by molar-refractivity contribution is -0.138. The summed E-state index contributed by atoms with van der Waals surface area (Å²) in [6.45, 7) is 3.84. The summed E-state index contributed by atoms with van der Waals surface area (Å²) in [5, 5.41) is 12.7. The van der Waals surface area contributed by atoms with E-state index >= 15 is 0 Å². The fourth-order valence-corrected chi connectivity index (χ4v) is 3.23. The second kappa shape index (κ2) is 9.11. The predicted octanol–water partition coefficient (Wildman–Crippen LogP) is 3.84. The fourth-order valence-electron chi connectivity index (χ4n) is 3.11. The molecule has 0 aliphatic carbocycles. The molecule has 0 aliphatic heterocycles. The zero-order valence-electron chi connectivity index (χ0n) is 16.8. The molecular formula is C24H23ClN2O3. The van der Waals surface area contributed by atoms with Crippen LogP contribution in [-0.4, -0.2) is 22.8 Å². The summed E-state index contributed by atoms with van der Waals surface area (Å²) in [6, 6.07) is 22.7. The summed E-state index contributed by atoms with van der Waals surface area (Å²) < 4.78 is 0. The van der Waals surface area contributed by atoms with Crippen LogP contribution >= 0.6 is 11.6 Å². The van der Waals surface area contributed by atoms with Crippen molar-refractivity contribution >= 4 is 29.1 Å². The first-order chi connectivity index (χ1) is 14.4. The van der Waals surface area contributed by atoms with Crippen LogP contribution in [0.5, 0.6) is 0 Å². The number of rotatable bonds is 5. The Labute approximate surface area is 180 Å². The molecule has 2 N–H and O–H groups in total. The smallest absolute Gasteiger partial charge is 0.280 e. The first-order valence-corrected chi connectivity index (χ1v) is 10.0. The Morgan fingerprint density at radius 1 is 0.867 bits per heavy atom. The van der Waals surface area contributed by atoms with Gasteiger partial charge in [-0.25, -0.2) is 5.01 Å². The summed E-state index contributed by atoms with van der Waals surface area (Å²) >= 11 is 5.76. The predicted molar refractivity (Wildman–Crippen MR) is 118 cm³/mol. The monoisotopic (exact) mass is 422 g/mol. The molecule has 2 amide bonds. The number of carbonyl (C=O) groups excluding carboxylic acids is 2. The van der Waals surface area contributed by atoms with E-state index in [-0.39, 0.29) is 5.88 Å². The van der Waals surface area contributed by atoms with E-state index in [0.717, 1.165) is 16.1 Å². The molecule has 3 aromatic carbocycles. The number of aliphatic hydroxyl groups is 1. The van der Waals surface area contributed by atoms with Crippen LogP contribution in [0.4, 0.5) is 5.69 Å². The Hall–Kier alpha value is -3.15. The molecule has 3 rings (SSSR count). The van der Waals surface area contributed by atoms with Crippen molar-refractivity contribution in [1.29, 1.82) is 0 Å². The van der Waals surface area contributed by atoms with Crippen LogP contribution in [0.15, 0.2) is 78.9 Å². The van der Waals surface area contributed by atoms with E-state index < -0.39 is 17.4 Å². The van der Waals surface area contributed by atoms with Crippen LogP contribution in [0.2, 0.25) is 0 Å². The number of benzene rings is 3. The second-order valence-electron chi connectivity index (χ2n) is 7.08. The highest BCUT2D eigenvalue weighted by atomic mass is 35.5. The Kier molecular flexibility index (Phi) is 6.55. The zero-order valence-corrected chi connectivity index (χ0v) is 17.6. The molecule has 0 aromatic heterocycles. The topological polar surface area (TPSA) is 69.6 Å². The maximum Gasteiger partial charge on any atom is 0.280 e. The average Bonchev–Trinajstić information content (AvgIpc) is 2.77. The Balaban J connectivity index is 2.06. The molecule has 0 unspecified atom stereocenters. The van der Waals surface area contributed by atoms with Gasteiger partial charge in [0.15, 0.2) is 5.60 Å². The minimum absolute atomic E-state index is 0.331. The summed E-state index contributed by atoms with van der Waals surface area (Å²) in [6.07, 6.45) is 0. The summed E-state index contributed by atoms with van der Waals surface area (Å²) in [5.41, 5.74) is 3.75. The van der Waals surface area contributed by atoms with Crippen molar-refractivity contribution in [3.05, 3.63) is 101 Å². The second-order valence-corrected chi connectivity index (χ2v) is 7.35. The van der Waals surface area contributed by atoms with Crippen LogP contribution in [0.3, 0.4) is 0 Å². The van der Waals surface area contributed by atoms with E-state index in [0.29, 0.717) is 16.8 Å². The Morgan fingerprint density at radius 3 is 1.77 bits per heavy atom. The summed E-state index contributed by atoms with van der Waals surface area (Å²) in [4.78, 5) is 25.9. The van der Waals surface area contributed by atoms with E-state index in [1.54, 1.807) is 54.6 Å². The number of alkyl halides is 1. The van der Waals surface area contributed by atoms with Crippen molar-refractivity contribution in [3.63, 3.8) is 0 Å². The van der Waals surface area contributed by atoms with Gasteiger partial charge < -0.3 is 5.11 Å². The van der Waals surface area contributed by atoms with E-state index in [2.05, 4.69) is 5.43 Å². The van der Waals surface area contributed by atoms with Gasteiger partial charge in [0.05, 0.1) is 5.69 Å². The standard InChI is InChI=1S/C24H23ClN2O3/c1-17-8-12-19(13-9-17)24(30,20-14-10-18(2)11-15-20)23(29)26-27(22(28)16-25)21-6-4-3-5-7-21/h3-15,30H,16H2,1-2H3,(H,26,29). The molecule has 154 valence electrons. The molecule has 0 fully saturated rings. The number of hydrogen-bond donors (Lipinski definition) is 2. The molecule has 0 radical (unpaired) electrons. The summed E-state index contributed by atoms with van der Waals surface area (Å²) in [5.74, 6) is -1.62. The molecule has 0 heterocycles. The van der Waals surface area contributed by atoms with Crippen LogP contribution in [0, 0.1) is 13.8 Å². The van der Waals surface area contributed by atoms with Gasteiger partial charge in [-0.2, -0.15) is 0 Å². The normalized spacial score (nSPS) is 11.1. The van der Waals surface area contributed by atoms with Gasteiger partial charge in [-0.3, -0.25) is 15.0 Å². The number of aryl methyl sites for hydroxylation is 2. The Bertz CT molecular complexity index is 973. The van der Waals surface area contributed by atoms with Crippen molar-refractivity contribution in [1.82, 2.24) is 5.43 Å². The number of carbonyl (C=O) groups is 2. The molecule has 3 aromatic rings. The van der Waals surface area contributed by atoms with Crippen LogP contribution in [0.25, 0.3) is 0 Å². The quantitative estimate of drug-likeness (QED) is 0.484. The third-order valence-electron chi connectivity index (χ3n) is 4.86. The molecule has 0 atom stereocenters. The lowest BCUT2D eigenvalue weighted by Crippen LogP contribution is -2.55. The van der Waals surface area contributed by atoms with Gasteiger partial charge in [-0.15, -0.1) is 11.6 Å². The lowest BCUT2D eigenvalue weighted by Gasteiger charge is -2.32. The number of nitrogens with one attached hydrogen (secondary N) is 1. The zero-order chi connectivity index (χ0) is 21.7. The van der Waals surface area contributed by atoms with Crippen LogP contribution in [-0.2, 0) is 15.2 Å². The molecule has 0 aliphatic rings. The Morgan fingerprint density at radius 2 is 1.33 bits per heavy atom. The van der Waals surface area contributed by atoms with Gasteiger partial charge in [0.2, 0.25) is 0 Å². The first kappa shape index (κ1) is 21.6. The molecule has 30 heavy (non-hydrogen) atoms. The summed E-state index contributed by atoms with van der Waals surface area (Å²) in [7, 11) is 0. The van der Waals surface area contributed by atoms with E-state index in [1.165, 1.54) is 0 Å². The van der Waals surface area contributed by atoms with Crippen LogP contribution in [0.1, 0.15) is 22.3 Å². The highest BCUT2D eigenvalue weighted by molar-refractivity contribution is 6.29. The number of hydrogen-bond acceptors (Lipinski definition) is 3. The first-order valence-electron chi connectivity index (χ1n) is 9.48. The van der Waals surface area contributed by atoms with E-state index in [9.17, 15) is 14.7 Å². The van der Waals surface area contributed by atoms with Crippen molar-refractivity contribution in [2.45, 2.75) is 19.4 Å². The van der Waals surface area contributed by atoms with E-state index in [4.69, 9.17) is 11.6 Å². The lowest BCUT2D eigenvalue weighted by atomic mass is 9.85. The van der Waals surface area contributed by atoms with Crippen molar-refractivity contribution in [2.75, 3.05) is 10.9 Å². The van der Waals surface area contributed by atoms with Gasteiger partial charge >= 0.3 is 0 Å².